The van der Waals surface area contributed by atoms with Crippen LogP contribution in [0, 0.1) is 11.8 Å². The summed E-state index contributed by atoms with van der Waals surface area (Å²) in [6.45, 7) is 7.49. The summed E-state index contributed by atoms with van der Waals surface area (Å²) < 4.78 is 0. The van der Waals surface area contributed by atoms with Gasteiger partial charge in [-0.3, -0.25) is 0 Å². The number of rotatable bonds is 4. The average Bonchev–Trinajstić information content (AvgIpc) is 1.82. The van der Waals surface area contributed by atoms with Crippen molar-refractivity contribution in [3.8, 4) is 0 Å². The topological polar surface area (TPSA) is 26.0 Å². The lowest BCUT2D eigenvalue weighted by Gasteiger charge is -2.12. The van der Waals surface area contributed by atoms with Crippen LogP contribution >= 0.6 is 0 Å². The molecule has 55 valence electrons. The first-order valence-corrected chi connectivity index (χ1v) is 3.71. The maximum Gasteiger partial charge on any atom is -0.00771 e. The fourth-order valence-corrected chi connectivity index (χ4v) is 0.670. The summed E-state index contributed by atoms with van der Waals surface area (Å²) in [5.74, 6) is 2.30. The predicted octanol–water partition coefficient (Wildman–Crippen LogP) is 1.98. The molecule has 1 radical (unpaired) electrons. The first-order valence-electron chi connectivity index (χ1n) is 3.71. The smallest absolute Gasteiger partial charge is 0.00771 e. The third kappa shape index (κ3) is 4.46. The predicted molar refractivity (Wildman–Crippen MR) is 42.0 cm³/mol. The Balaban J connectivity index is 3.16. The van der Waals surface area contributed by atoms with Gasteiger partial charge in [-0.2, -0.15) is 0 Å². The van der Waals surface area contributed by atoms with Crippen LogP contribution < -0.4 is 5.73 Å². The SMILES string of the molecule is C[C](CCCN)C(C)C. The van der Waals surface area contributed by atoms with Crippen molar-refractivity contribution in [2.24, 2.45) is 11.7 Å². The van der Waals surface area contributed by atoms with Crippen molar-refractivity contribution in [3.63, 3.8) is 0 Å². The Morgan fingerprint density at radius 3 is 2.33 bits per heavy atom. The lowest BCUT2D eigenvalue weighted by molar-refractivity contribution is 0.589. The van der Waals surface area contributed by atoms with Crippen LogP contribution in [0.1, 0.15) is 33.6 Å². The zero-order chi connectivity index (χ0) is 7.28. The van der Waals surface area contributed by atoms with Gasteiger partial charge in [-0.15, -0.1) is 0 Å². The summed E-state index contributed by atoms with van der Waals surface area (Å²) in [7, 11) is 0. The second kappa shape index (κ2) is 4.80. The van der Waals surface area contributed by atoms with Crippen LogP contribution in [0.2, 0.25) is 0 Å². The van der Waals surface area contributed by atoms with E-state index in [1.807, 2.05) is 0 Å². The highest BCUT2D eigenvalue weighted by atomic mass is 14.5. The highest BCUT2D eigenvalue weighted by Crippen LogP contribution is 2.17. The van der Waals surface area contributed by atoms with E-state index in [2.05, 4.69) is 20.8 Å². The Labute approximate surface area is 58.6 Å². The quantitative estimate of drug-likeness (QED) is 0.615. The fourth-order valence-electron chi connectivity index (χ4n) is 0.670. The lowest BCUT2D eigenvalue weighted by atomic mass is 9.93. The van der Waals surface area contributed by atoms with E-state index in [9.17, 15) is 0 Å². The van der Waals surface area contributed by atoms with E-state index in [-0.39, 0.29) is 0 Å². The minimum absolute atomic E-state index is 0.733. The molecule has 0 spiro atoms. The molecule has 0 saturated carbocycles. The van der Waals surface area contributed by atoms with Crippen molar-refractivity contribution in [3.05, 3.63) is 5.92 Å². The molecule has 0 bridgehead atoms. The van der Waals surface area contributed by atoms with Gasteiger partial charge in [0, 0.05) is 0 Å². The van der Waals surface area contributed by atoms with Gasteiger partial charge >= 0.3 is 0 Å². The molecule has 2 N–H and O–H groups in total. The van der Waals surface area contributed by atoms with E-state index in [0.29, 0.717) is 0 Å². The zero-order valence-electron chi connectivity index (χ0n) is 6.78. The molecule has 0 unspecified atom stereocenters. The molecule has 0 aromatic heterocycles. The largest absolute Gasteiger partial charge is 0.330 e. The minimum atomic E-state index is 0.733. The van der Waals surface area contributed by atoms with E-state index >= 15 is 0 Å². The number of hydrogen-bond acceptors (Lipinski definition) is 1. The first-order chi connectivity index (χ1) is 4.18. The van der Waals surface area contributed by atoms with Gasteiger partial charge in [0.1, 0.15) is 0 Å². The molecule has 0 aromatic carbocycles. The Kier molecular flexibility index (Phi) is 4.78. The average molecular weight is 128 g/mol. The van der Waals surface area contributed by atoms with Gasteiger partial charge in [-0.1, -0.05) is 20.8 Å². The van der Waals surface area contributed by atoms with Crippen LogP contribution in [0.5, 0.6) is 0 Å². The minimum Gasteiger partial charge on any atom is -0.330 e. The molecule has 0 rings (SSSR count). The molecule has 1 heteroatoms. The molecule has 9 heavy (non-hydrogen) atoms. The van der Waals surface area contributed by atoms with Crippen LogP contribution in [0.25, 0.3) is 0 Å². The van der Waals surface area contributed by atoms with Gasteiger partial charge in [0.05, 0.1) is 0 Å². The molecular formula is C8H18N. The molecule has 0 atom stereocenters. The van der Waals surface area contributed by atoms with Crippen LogP contribution in [0.15, 0.2) is 0 Å². The molecule has 0 heterocycles. The van der Waals surface area contributed by atoms with Gasteiger partial charge in [0.2, 0.25) is 0 Å². The zero-order valence-corrected chi connectivity index (χ0v) is 6.78. The maximum absolute atomic E-state index is 5.36. The van der Waals surface area contributed by atoms with E-state index < -0.39 is 0 Å². The Morgan fingerprint density at radius 1 is 1.44 bits per heavy atom. The summed E-state index contributed by atoms with van der Waals surface area (Å²) in [6.07, 6.45) is 2.35. The summed E-state index contributed by atoms with van der Waals surface area (Å²) in [5.41, 5.74) is 5.36. The summed E-state index contributed by atoms with van der Waals surface area (Å²) >= 11 is 0. The van der Waals surface area contributed by atoms with Crippen molar-refractivity contribution in [1.29, 1.82) is 0 Å². The first kappa shape index (κ1) is 8.96. The van der Waals surface area contributed by atoms with Gasteiger partial charge in [0.15, 0.2) is 0 Å². The van der Waals surface area contributed by atoms with Crippen LogP contribution in [0.4, 0.5) is 0 Å². The standard InChI is InChI=1S/C8H18N/c1-7(2)8(3)5-4-6-9/h7H,4-6,9H2,1-3H3. The van der Waals surface area contributed by atoms with Crippen LogP contribution in [0.3, 0.4) is 0 Å². The van der Waals surface area contributed by atoms with Gasteiger partial charge in [0.25, 0.3) is 0 Å². The van der Waals surface area contributed by atoms with Gasteiger partial charge in [-0.25, -0.2) is 0 Å². The van der Waals surface area contributed by atoms with Crippen LogP contribution in [-0.4, -0.2) is 6.54 Å². The fraction of sp³-hybridized carbons (Fsp3) is 0.875. The van der Waals surface area contributed by atoms with E-state index in [1.54, 1.807) is 5.92 Å². The monoisotopic (exact) mass is 128 g/mol. The Morgan fingerprint density at radius 2 is 2.00 bits per heavy atom. The summed E-state index contributed by atoms with van der Waals surface area (Å²) in [4.78, 5) is 0. The third-order valence-corrected chi connectivity index (χ3v) is 1.76. The molecular weight excluding hydrogens is 110 g/mol. The van der Waals surface area contributed by atoms with Crippen LogP contribution in [-0.2, 0) is 0 Å². The molecule has 0 aromatic rings. The molecule has 0 saturated heterocycles. The molecule has 1 nitrogen and oxygen atoms in total. The Bertz CT molecular complexity index is 59.6. The normalized spacial score (nSPS) is 11.3. The Hall–Kier alpha value is -0.0400. The lowest BCUT2D eigenvalue weighted by Crippen LogP contribution is -2.05. The molecule has 0 amide bonds. The highest BCUT2D eigenvalue weighted by molar-refractivity contribution is 4.86. The highest BCUT2D eigenvalue weighted by Gasteiger charge is 2.05. The van der Waals surface area contributed by atoms with Gasteiger partial charge in [-0.05, 0) is 31.2 Å². The number of nitrogens with two attached hydrogens (primary N) is 1. The molecule has 0 aliphatic carbocycles. The van der Waals surface area contributed by atoms with E-state index in [1.165, 1.54) is 6.42 Å². The van der Waals surface area contributed by atoms with Crippen molar-refractivity contribution >= 4 is 0 Å². The molecule has 0 aliphatic heterocycles. The third-order valence-electron chi connectivity index (χ3n) is 1.76. The van der Waals surface area contributed by atoms with Gasteiger partial charge < -0.3 is 5.73 Å². The van der Waals surface area contributed by atoms with E-state index in [4.69, 9.17) is 5.73 Å². The molecule has 0 fully saturated rings. The van der Waals surface area contributed by atoms with Crippen molar-refractivity contribution in [2.45, 2.75) is 33.6 Å². The van der Waals surface area contributed by atoms with Crippen molar-refractivity contribution in [1.82, 2.24) is 0 Å². The van der Waals surface area contributed by atoms with Crippen molar-refractivity contribution < 1.29 is 0 Å². The second-order valence-electron chi connectivity index (χ2n) is 2.89. The maximum atomic E-state index is 5.36. The summed E-state index contributed by atoms with van der Waals surface area (Å²) in [6, 6.07) is 0. The van der Waals surface area contributed by atoms with Crippen molar-refractivity contribution in [2.75, 3.05) is 6.54 Å². The second-order valence-corrected chi connectivity index (χ2v) is 2.89. The summed E-state index contributed by atoms with van der Waals surface area (Å²) in [5, 5.41) is 0. The number of hydrogen-bond donors (Lipinski definition) is 1. The molecule has 0 aliphatic rings. The van der Waals surface area contributed by atoms with E-state index in [0.717, 1.165) is 18.9 Å².